The molecular weight excluding hydrogens is 268 g/mol. The average Bonchev–Trinajstić information content (AvgIpc) is 2.87. The van der Waals surface area contributed by atoms with Crippen LogP contribution in [0.1, 0.15) is 41.9 Å². The van der Waals surface area contributed by atoms with Gasteiger partial charge in [-0.25, -0.2) is 4.68 Å². The average molecular weight is 288 g/mol. The molecule has 2 unspecified atom stereocenters. The van der Waals surface area contributed by atoms with Crippen LogP contribution in [0.25, 0.3) is 0 Å². The summed E-state index contributed by atoms with van der Waals surface area (Å²) in [7, 11) is 3.37. The molecule has 21 heavy (non-hydrogen) atoms. The predicted octanol–water partition coefficient (Wildman–Crippen LogP) is 2.25. The Morgan fingerprint density at radius 3 is 2.81 bits per heavy atom. The largest absolute Gasteiger partial charge is 0.496 e. The van der Waals surface area contributed by atoms with Crippen LogP contribution in [0.15, 0.2) is 18.2 Å². The summed E-state index contributed by atoms with van der Waals surface area (Å²) >= 11 is 0. The summed E-state index contributed by atoms with van der Waals surface area (Å²) in [4.78, 5) is 4.32. The van der Waals surface area contributed by atoms with Gasteiger partial charge in [0.25, 0.3) is 0 Å². The Morgan fingerprint density at radius 1 is 1.29 bits per heavy atom. The van der Waals surface area contributed by atoms with Crippen LogP contribution < -0.4 is 10.5 Å². The normalized spacial score (nSPS) is 21.1. The SMILES string of the molecule is COc1ccc(C)cc1C1CCC(OC)c2nc(N)nn21. The van der Waals surface area contributed by atoms with Gasteiger partial charge in [0.2, 0.25) is 5.95 Å². The minimum Gasteiger partial charge on any atom is -0.496 e. The molecule has 1 aromatic carbocycles. The zero-order valence-electron chi connectivity index (χ0n) is 12.5. The molecule has 0 amide bonds. The third-order valence-electron chi connectivity index (χ3n) is 3.99. The first-order valence-corrected chi connectivity index (χ1v) is 7.03. The molecule has 1 aliphatic heterocycles. The first kappa shape index (κ1) is 13.9. The zero-order valence-corrected chi connectivity index (χ0v) is 12.5. The van der Waals surface area contributed by atoms with Crippen LogP contribution in [0.5, 0.6) is 5.75 Å². The van der Waals surface area contributed by atoms with Gasteiger partial charge in [0, 0.05) is 12.7 Å². The molecule has 1 aliphatic rings. The van der Waals surface area contributed by atoms with Crippen molar-refractivity contribution in [3.05, 3.63) is 35.2 Å². The van der Waals surface area contributed by atoms with Crippen molar-refractivity contribution in [2.24, 2.45) is 0 Å². The number of rotatable bonds is 3. The molecule has 112 valence electrons. The highest BCUT2D eigenvalue weighted by Crippen LogP contribution is 2.39. The number of fused-ring (bicyclic) bond motifs is 1. The zero-order chi connectivity index (χ0) is 15.0. The van der Waals surface area contributed by atoms with Gasteiger partial charge in [0.15, 0.2) is 5.82 Å². The van der Waals surface area contributed by atoms with E-state index >= 15 is 0 Å². The summed E-state index contributed by atoms with van der Waals surface area (Å²) in [5.74, 6) is 1.93. The smallest absolute Gasteiger partial charge is 0.239 e. The monoisotopic (exact) mass is 288 g/mol. The highest BCUT2D eigenvalue weighted by molar-refractivity contribution is 5.40. The van der Waals surface area contributed by atoms with Gasteiger partial charge in [0.1, 0.15) is 11.9 Å². The maximum absolute atomic E-state index is 5.79. The minimum absolute atomic E-state index is 0.0538. The van der Waals surface area contributed by atoms with Crippen molar-refractivity contribution in [1.82, 2.24) is 14.8 Å². The van der Waals surface area contributed by atoms with Gasteiger partial charge in [0.05, 0.1) is 13.2 Å². The van der Waals surface area contributed by atoms with Crippen molar-refractivity contribution in [3.8, 4) is 5.75 Å². The molecule has 2 N–H and O–H groups in total. The molecule has 0 spiro atoms. The van der Waals surface area contributed by atoms with Gasteiger partial charge < -0.3 is 15.2 Å². The predicted molar refractivity (Wildman–Crippen MR) is 79.3 cm³/mol. The summed E-state index contributed by atoms with van der Waals surface area (Å²) in [6.45, 7) is 2.07. The van der Waals surface area contributed by atoms with Gasteiger partial charge in [-0.3, -0.25) is 0 Å². The number of anilines is 1. The molecule has 2 atom stereocenters. The first-order chi connectivity index (χ1) is 10.1. The Bertz CT molecular complexity index is 653. The van der Waals surface area contributed by atoms with E-state index in [9.17, 15) is 0 Å². The number of benzene rings is 1. The Balaban J connectivity index is 2.10. The maximum atomic E-state index is 5.79. The Kier molecular flexibility index (Phi) is 3.55. The number of nitrogens with zero attached hydrogens (tertiary/aromatic N) is 3. The van der Waals surface area contributed by atoms with Crippen LogP contribution in [0.2, 0.25) is 0 Å². The fourth-order valence-electron chi connectivity index (χ4n) is 2.99. The molecule has 2 heterocycles. The molecule has 0 fully saturated rings. The second-order valence-corrected chi connectivity index (χ2v) is 5.34. The molecule has 1 aromatic heterocycles. The van der Waals surface area contributed by atoms with E-state index in [0.29, 0.717) is 0 Å². The second-order valence-electron chi connectivity index (χ2n) is 5.34. The van der Waals surface area contributed by atoms with E-state index in [4.69, 9.17) is 15.2 Å². The van der Waals surface area contributed by atoms with Crippen LogP contribution in [-0.2, 0) is 4.74 Å². The van der Waals surface area contributed by atoms with E-state index in [0.717, 1.165) is 30.0 Å². The molecule has 2 aromatic rings. The molecule has 6 nitrogen and oxygen atoms in total. The Labute approximate surface area is 123 Å². The number of nitrogen functional groups attached to an aromatic ring is 1. The molecule has 3 rings (SSSR count). The van der Waals surface area contributed by atoms with Crippen LogP contribution >= 0.6 is 0 Å². The number of methoxy groups -OCH3 is 2. The van der Waals surface area contributed by atoms with Gasteiger partial charge >= 0.3 is 0 Å². The second kappa shape index (κ2) is 5.37. The highest BCUT2D eigenvalue weighted by Gasteiger charge is 2.32. The third-order valence-corrected chi connectivity index (χ3v) is 3.99. The lowest BCUT2D eigenvalue weighted by molar-refractivity contribution is 0.0646. The van der Waals surface area contributed by atoms with Crippen molar-refractivity contribution in [3.63, 3.8) is 0 Å². The molecule has 0 radical (unpaired) electrons. The van der Waals surface area contributed by atoms with E-state index in [1.165, 1.54) is 5.56 Å². The first-order valence-electron chi connectivity index (χ1n) is 7.03. The summed E-state index contributed by atoms with van der Waals surface area (Å²) in [6.07, 6.45) is 1.74. The summed E-state index contributed by atoms with van der Waals surface area (Å²) in [6, 6.07) is 6.25. The fourth-order valence-corrected chi connectivity index (χ4v) is 2.99. The van der Waals surface area contributed by atoms with Gasteiger partial charge in [-0.15, -0.1) is 5.10 Å². The molecule has 0 aliphatic carbocycles. The van der Waals surface area contributed by atoms with E-state index in [-0.39, 0.29) is 18.1 Å². The Hall–Kier alpha value is -2.08. The van der Waals surface area contributed by atoms with Crippen molar-refractivity contribution < 1.29 is 9.47 Å². The lowest BCUT2D eigenvalue weighted by Crippen LogP contribution is -2.24. The van der Waals surface area contributed by atoms with E-state index in [2.05, 4.69) is 23.1 Å². The van der Waals surface area contributed by atoms with E-state index in [1.807, 2.05) is 16.8 Å². The minimum atomic E-state index is -0.0538. The topological polar surface area (TPSA) is 75.2 Å². The number of aromatic nitrogens is 3. The van der Waals surface area contributed by atoms with Gasteiger partial charge in [-0.05, 0) is 25.8 Å². The van der Waals surface area contributed by atoms with Gasteiger partial charge in [-0.1, -0.05) is 17.7 Å². The summed E-state index contributed by atoms with van der Waals surface area (Å²) < 4.78 is 12.9. The lowest BCUT2D eigenvalue weighted by Gasteiger charge is -2.29. The van der Waals surface area contributed by atoms with Crippen LogP contribution in [-0.4, -0.2) is 29.0 Å². The molecule has 0 saturated carbocycles. The lowest BCUT2D eigenvalue weighted by atomic mass is 9.94. The van der Waals surface area contributed by atoms with Crippen LogP contribution in [0.4, 0.5) is 5.95 Å². The van der Waals surface area contributed by atoms with Crippen LogP contribution in [0.3, 0.4) is 0 Å². The van der Waals surface area contributed by atoms with Crippen LogP contribution in [0, 0.1) is 6.92 Å². The van der Waals surface area contributed by atoms with Gasteiger partial charge in [-0.2, -0.15) is 4.98 Å². The molecule has 0 saturated heterocycles. The number of ether oxygens (including phenoxy) is 2. The summed E-state index contributed by atoms with van der Waals surface area (Å²) in [5, 5.41) is 4.36. The standard InChI is InChI=1S/C15H20N4O2/c1-9-4-6-12(20-2)10(8-9)11-5-7-13(21-3)14-17-15(16)18-19(11)14/h4,6,8,11,13H,5,7H2,1-3H3,(H2,16,18). The highest BCUT2D eigenvalue weighted by atomic mass is 16.5. The van der Waals surface area contributed by atoms with Crippen molar-refractivity contribution >= 4 is 5.95 Å². The fraction of sp³-hybridized carbons (Fsp3) is 0.467. The van der Waals surface area contributed by atoms with E-state index in [1.54, 1.807) is 14.2 Å². The van der Waals surface area contributed by atoms with Crippen molar-refractivity contribution in [1.29, 1.82) is 0 Å². The molecule has 0 bridgehead atoms. The third kappa shape index (κ3) is 2.35. The summed E-state index contributed by atoms with van der Waals surface area (Å²) in [5.41, 5.74) is 8.08. The number of hydrogen-bond acceptors (Lipinski definition) is 5. The number of nitrogens with two attached hydrogens (primary N) is 1. The molecule has 6 heteroatoms. The number of aryl methyl sites for hydroxylation is 1. The van der Waals surface area contributed by atoms with E-state index < -0.39 is 0 Å². The Morgan fingerprint density at radius 2 is 2.10 bits per heavy atom. The quantitative estimate of drug-likeness (QED) is 0.937. The maximum Gasteiger partial charge on any atom is 0.239 e. The van der Waals surface area contributed by atoms with Crippen molar-refractivity contribution in [2.45, 2.75) is 31.9 Å². The molecular formula is C15H20N4O2. The van der Waals surface area contributed by atoms with Crippen molar-refractivity contribution in [2.75, 3.05) is 20.0 Å². The number of hydrogen-bond donors (Lipinski definition) is 1.